The molecule has 0 saturated carbocycles. The highest BCUT2D eigenvalue weighted by molar-refractivity contribution is 6.42. The lowest BCUT2D eigenvalue weighted by Crippen LogP contribution is -2.40. The van der Waals surface area contributed by atoms with Gasteiger partial charge in [-0.25, -0.2) is 9.79 Å². The number of allylic oxidation sites excluding steroid dienone is 1. The number of nitrogens with zero attached hydrogens (tertiary/aromatic N) is 3. The van der Waals surface area contributed by atoms with Gasteiger partial charge >= 0.3 is 6.03 Å². The van der Waals surface area contributed by atoms with Crippen molar-refractivity contribution in [2.45, 2.75) is 13.8 Å². The van der Waals surface area contributed by atoms with Crippen LogP contribution in [0.4, 0.5) is 10.5 Å². The van der Waals surface area contributed by atoms with Gasteiger partial charge in [0.05, 0.1) is 10.0 Å². The van der Waals surface area contributed by atoms with Gasteiger partial charge in [-0.3, -0.25) is 5.32 Å². The summed E-state index contributed by atoms with van der Waals surface area (Å²) in [5.41, 5.74) is 2.43. The van der Waals surface area contributed by atoms with E-state index in [4.69, 9.17) is 23.2 Å². The highest BCUT2D eigenvalue weighted by atomic mass is 35.5. The first-order valence-corrected chi connectivity index (χ1v) is 7.61. The Kier molecular flexibility index (Phi) is 4.19. The molecule has 23 heavy (non-hydrogen) atoms. The Balaban J connectivity index is 1.68. The van der Waals surface area contributed by atoms with Gasteiger partial charge in [0.15, 0.2) is 5.84 Å². The number of rotatable bonds is 1. The van der Waals surface area contributed by atoms with Crippen LogP contribution in [0.2, 0.25) is 10.0 Å². The van der Waals surface area contributed by atoms with E-state index in [1.165, 1.54) is 0 Å². The van der Waals surface area contributed by atoms with Crippen LogP contribution in [0.5, 0.6) is 0 Å². The molecule has 118 valence electrons. The number of fused-ring (bicyclic) bond motifs is 1. The lowest BCUT2D eigenvalue weighted by Gasteiger charge is -2.18. The number of hydrogen-bond donors (Lipinski definition) is 2. The third kappa shape index (κ3) is 3.28. The maximum absolute atomic E-state index is 12.1. The van der Waals surface area contributed by atoms with Crippen molar-refractivity contribution in [3.8, 4) is 0 Å². The van der Waals surface area contributed by atoms with Crippen LogP contribution < -0.4 is 10.6 Å². The van der Waals surface area contributed by atoms with Crippen molar-refractivity contribution in [3.63, 3.8) is 0 Å². The standard InChI is InChI=1S/C15H13Cl2N5O/c1-7-5-8(2)18-13-12(7)14(22-21-13)20-15(23)19-9-3-4-10(16)11(17)6-9/h3-6,12H,1-2H3,(H2,19,20,22,23)/t12-/m0/s1. The number of amides is 2. The molecular weight excluding hydrogens is 337 g/mol. The summed E-state index contributed by atoms with van der Waals surface area (Å²) in [4.78, 5) is 16.5. The zero-order valence-corrected chi connectivity index (χ0v) is 13.9. The fourth-order valence-corrected chi connectivity index (χ4v) is 2.72. The molecule has 2 heterocycles. The second kappa shape index (κ2) is 6.14. The van der Waals surface area contributed by atoms with Gasteiger partial charge in [0.1, 0.15) is 11.8 Å². The third-order valence-corrected chi connectivity index (χ3v) is 4.13. The van der Waals surface area contributed by atoms with Crippen LogP contribution in [0.1, 0.15) is 13.8 Å². The van der Waals surface area contributed by atoms with Gasteiger partial charge in [0, 0.05) is 11.4 Å². The number of urea groups is 1. The van der Waals surface area contributed by atoms with Gasteiger partial charge in [-0.15, -0.1) is 10.2 Å². The molecule has 0 spiro atoms. The van der Waals surface area contributed by atoms with Crippen molar-refractivity contribution in [2.24, 2.45) is 21.1 Å². The molecule has 8 heteroatoms. The molecule has 2 N–H and O–H groups in total. The summed E-state index contributed by atoms with van der Waals surface area (Å²) in [5, 5.41) is 14.2. The average Bonchev–Trinajstić information content (AvgIpc) is 2.85. The van der Waals surface area contributed by atoms with E-state index < -0.39 is 6.03 Å². The largest absolute Gasteiger partial charge is 0.324 e. The number of amidine groups is 2. The molecule has 2 aliphatic rings. The lowest BCUT2D eigenvalue weighted by atomic mass is 9.95. The minimum absolute atomic E-state index is 0.210. The zero-order valence-electron chi connectivity index (χ0n) is 12.4. The fourth-order valence-electron chi connectivity index (χ4n) is 2.42. The number of carbonyl (C=O) groups is 1. The molecule has 3 rings (SSSR count). The Morgan fingerprint density at radius 1 is 1.13 bits per heavy atom. The van der Waals surface area contributed by atoms with Crippen LogP contribution in [0, 0.1) is 5.92 Å². The molecule has 0 aromatic heterocycles. The number of dihydropyridines is 1. The summed E-state index contributed by atoms with van der Waals surface area (Å²) in [6, 6.07) is 4.41. The highest BCUT2D eigenvalue weighted by Gasteiger charge is 2.32. The van der Waals surface area contributed by atoms with Crippen LogP contribution >= 0.6 is 23.2 Å². The smallest absolute Gasteiger partial charge is 0.308 e. The van der Waals surface area contributed by atoms with Gasteiger partial charge in [-0.2, -0.15) is 0 Å². The maximum atomic E-state index is 12.1. The Labute approximate surface area is 143 Å². The van der Waals surface area contributed by atoms with E-state index in [0.29, 0.717) is 27.4 Å². The van der Waals surface area contributed by atoms with Crippen molar-refractivity contribution in [1.82, 2.24) is 5.32 Å². The number of halogens is 2. The molecule has 1 atom stereocenters. The second-order valence-electron chi connectivity index (χ2n) is 5.23. The van der Waals surface area contributed by atoms with Gasteiger partial charge < -0.3 is 5.32 Å². The van der Waals surface area contributed by atoms with Crippen LogP contribution in [-0.4, -0.2) is 23.4 Å². The molecule has 0 radical (unpaired) electrons. The number of aliphatic imine (C=N–C) groups is 1. The first-order chi connectivity index (χ1) is 10.9. The quantitative estimate of drug-likeness (QED) is 0.792. The molecule has 0 unspecified atom stereocenters. The van der Waals surface area contributed by atoms with Crippen molar-refractivity contribution >= 4 is 52.3 Å². The molecule has 0 aliphatic carbocycles. The molecule has 1 aromatic carbocycles. The third-order valence-electron chi connectivity index (χ3n) is 3.39. The van der Waals surface area contributed by atoms with Crippen molar-refractivity contribution in [3.05, 3.63) is 39.9 Å². The van der Waals surface area contributed by atoms with E-state index in [0.717, 1.165) is 11.3 Å². The summed E-state index contributed by atoms with van der Waals surface area (Å²) in [5.74, 6) is 0.827. The molecule has 2 aliphatic heterocycles. The first kappa shape index (κ1) is 15.7. The number of benzene rings is 1. The molecular formula is C15H13Cl2N5O. The Morgan fingerprint density at radius 2 is 1.91 bits per heavy atom. The Hall–Kier alpha value is -2.18. The minimum Gasteiger partial charge on any atom is -0.308 e. The fraction of sp³-hybridized carbons (Fsp3) is 0.200. The van der Waals surface area contributed by atoms with E-state index >= 15 is 0 Å². The monoisotopic (exact) mass is 349 g/mol. The summed E-state index contributed by atoms with van der Waals surface area (Å²) in [7, 11) is 0. The molecule has 0 saturated heterocycles. The van der Waals surface area contributed by atoms with Crippen molar-refractivity contribution < 1.29 is 4.79 Å². The van der Waals surface area contributed by atoms with E-state index in [9.17, 15) is 4.79 Å². The predicted octanol–water partition coefficient (Wildman–Crippen LogP) is 3.88. The number of nitrogens with one attached hydrogen (secondary N) is 2. The molecule has 6 nitrogen and oxygen atoms in total. The van der Waals surface area contributed by atoms with E-state index in [-0.39, 0.29) is 5.92 Å². The van der Waals surface area contributed by atoms with Crippen molar-refractivity contribution in [2.75, 3.05) is 5.32 Å². The normalized spacial score (nSPS) is 19.2. The van der Waals surface area contributed by atoms with Gasteiger partial charge in [0.2, 0.25) is 0 Å². The van der Waals surface area contributed by atoms with Crippen LogP contribution in [-0.2, 0) is 0 Å². The van der Waals surface area contributed by atoms with Crippen LogP contribution in [0.25, 0.3) is 0 Å². The van der Waals surface area contributed by atoms with Crippen LogP contribution in [0.3, 0.4) is 0 Å². The Bertz CT molecular complexity index is 810. The number of hydrogen-bond acceptors (Lipinski definition) is 4. The van der Waals surface area contributed by atoms with E-state index in [1.54, 1.807) is 18.2 Å². The predicted molar refractivity (Wildman–Crippen MR) is 93.8 cm³/mol. The maximum Gasteiger partial charge on any atom is 0.324 e. The Morgan fingerprint density at radius 3 is 2.65 bits per heavy atom. The van der Waals surface area contributed by atoms with Gasteiger partial charge in [0.25, 0.3) is 0 Å². The van der Waals surface area contributed by atoms with Gasteiger partial charge in [-0.1, -0.05) is 28.8 Å². The summed E-state index contributed by atoms with van der Waals surface area (Å²) in [6.45, 7) is 3.85. The van der Waals surface area contributed by atoms with Crippen molar-refractivity contribution in [1.29, 1.82) is 0 Å². The lowest BCUT2D eigenvalue weighted by molar-refractivity contribution is 0.256. The van der Waals surface area contributed by atoms with Crippen LogP contribution in [0.15, 0.2) is 45.0 Å². The minimum atomic E-state index is -0.433. The topological polar surface area (TPSA) is 78.2 Å². The van der Waals surface area contributed by atoms with Gasteiger partial charge in [-0.05, 0) is 38.1 Å². The average molecular weight is 350 g/mol. The molecule has 0 fully saturated rings. The highest BCUT2D eigenvalue weighted by Crippen LogP contribution is 2.26. The summed E-state index contributed by atoms with van der Waals surface area (Å²) < 4.78 is 0. The molecule has 2 amide bonds. The van der Waals surface area contributed by atoms with E-state index in [1.807, 2.05) is 19.9 Å². The SMILES string of the molecule is CC1=CC(C)=NC2=NN=C(NC(=O)Nc3ccc(Cl)c(Cl)c3)[C@@H]12. The second-order valence-corrected chi connectivity index (χ2v) is 6.04. The summed E-state index contributed by atoms with van der Waals surface area (Å²) >= 11 is 11.8. The number of anilines is 1. The van der Waals surface area contributed by atoms with E-state index in [2.05, 4.69) is 25.8 Å². The molecule has 0 bridgehead atoms. The summed E-state index contributed by atoms with van der Waals surface area (Å²) in [6.07, 6.45) is 1.95. The first-order valence-electron chi connectivity index (χ1n) is 6.86. The number of carbonyl (C=O) groups excluding carboxylic acids is 1. The molecule has 1 aromatic rings. The zero-order chi connectivity index (χ0) is 16.6.